The van der Waals surface area contributed by atoms with Crippen molar-refractivity contribution in [2.45, 2.75) is 13.2 Å². The van der Waals surface area contributed by atoms with Crippen molar-refractivity contribution in [3.05, 3.63) is 70.1 Å². The summed E-state index contributed by atoms with van der Waals surface area (Å²) in [7, 11) is 0. The fourth-order valence-electron chi connectivity index (χ4n) is 2.30. The first kappa shape index (κ1) is 13.3. The third-order valence-electron chi connectivity index (χ3n) is 3.36. The normalized spacial score (nSPS) is 11.2. The number of rotatable bonds is 3. The molecule has 4 heteroatoms. The molecule has 0 spiro atoms. The van der Waals surface area contributed by atoms with Gasteiger partial charge in [-0.05, 0) is 56.7 Å². The molecule has 2 aromatic carbocycles. The molecule has 0 unspecified atom stereocenters. The Morgan fingerprint density at radius 1 is 1.05 bits per heavy atom. The molecule has 0 aliphatic carbocycles. The Kier molecular flexibility index (Phi) is 3.59. The van der Waals surface area contributed by atoms with Crippen molar-refractivity contribution >= 4 is 26.8 Å². The van der Waals surface area contributed by atoms with E-state index in [1.807, 2.05) is 30.5 Å². The van der Waals surface area contributed by atoms with E-state index in [4.69, 9.17) is 0 Å². The lowest BCUT2D eigenvalue weighted by Gasteiger charge is -2.07. The van der Waals surface area contributed by atoms with Crippen LogP contribution in [-0.4, -0.2) is 9.67 Å². The van der Waals surface area contributed by atoms with Gasteiger partial charge < -0.3 is 9.67 Å². The number of aliphatic hydroxyl groups excluding tert-OH is 1. The average Bonchev–Trinajstić information content (AvgIpc) is 2.85. The van der Waals surface area contributed by atoms with E-state index in [0.717, 1.165) is 22.0 Å². The summed E-state index contributed by atoms with van der Waals surface area (Å²) in [5.74, 6) is -0.256. The van der Waals surface area contributed by atoms with E-state index in [-0.39, 0.29) is 12.4 Å². The van der Waals surface area contributed by atoms with Gasteiger partial charge in [-0.2, -0.15) is 0 Å². The summed E-state index contributed by atoms with van der Waals surface area (Å²) in [5.41, 5.74) is 2.97. The summed E-state index contributed by atoms with van der Waals surface area (Å²) in [4.78, 5) is 0. The van der Waals surface area contributed by atoms with Crippen molar-refractivity contribution in [1.29, 1.82) is 0 Å². The zero-order chi connectivity index (χ0) is 14.1. The van der Waals surface area contributed by atoms with Crippen LogP contribution in [0.3, 0.4) is 0 Å². The highest BCUT2D eigenvalue weighted by molar-refractivity contribution is 9.10. The first-order chi connectivity index (χ1) is 9.67. The predicted molar refractivity (Wildman–Crippen MR) is 81.1 cm³/mol. The molecule has 20 heavy (non-hydrogen) atoms. The average molecular weight is 334 g/mol. The van der Waals surface area contributed by atoms with Gasteiger partial charge in [-0.1, -0.05) is 18.2 Å². The third kappa shape index (κ3) is 2.49. The van der Waals surface area contributed by atoms with Gasteiger partial charge in [0, 0.05) is 18.3 Å². The van der Waals surface area contributed by atoms with E-state index < -0.39 is 0 Å². The molecule has 0 amide bonds. The van der Waals surface area contributed by atoms with Crippen LogP contribution in [0.2, 0.25) is 0 Å². The molecule has 0 bridgehead atoms. The largest absolute Gasteiger partial charge is 0.392 e. The molecule has 0 aliphatic rings. The molecule has 1 aromatic heterocycles. The number of nitrogens with zero attached hydrogens (tertiary/aromatic N) is 1. The molecule has 0 atom stereocenters. The van der Waals surface area contributed by atoms with Gasteiger partial charge >= 0.3 is 0 Å². The molecule has 0 saturated heterocycles. The Bertz CT molecular complexity index is 766. The Balaban J connectivity index is 1.99. The number of halogens is 2. The van der Waals surface area contributed by atoms with Crippen LogP contribution in [0.5, 0.6) is 0 Å². The summed E-state index contributed by atoms with van der Waals surface area (Å²) in [6, 6.07) is 13.0. The SMILES string of the molecule is OCc1ccc2ccn(Cc3ccc(F)c(Br)c3)c2c1. The molecule has 0 fully saturated rings. The predicted octanol–water partition coefficient (Wildman–Crippen LogP) is 4.08. The van der Waals surface area contributed by atoms with E-state index in [1.165, 1.54) is 6.07 Å². The minimum Gasteiger partial charge on any atom is -0.392 e. The van der Waals surface area contributed by atoms with Crippen LogP contribution < -0.4 is 0 Å². The van der Waals surface area contributed by atoms with Gasteiger partial charge in [-0.15, -0.1) is 0 Å². The third-order valence-corrected chi connectivity index (χ3v) is 3.97. The highest BCUT2D eigenvalue weighted by Gasteiger charge is 2.05. The zero-order valence-electron chi connectivity index (χ0n) is 10.7. The Hall–Kier alpha value is -1.65. The molecule has 102 valence electrons. The lowest BCUT2D eigenvalue weighted by Crippen LogP contribution is -1.98. The minimum atomic E-state index is -0.256. The fraction of sp³-hybridized carbons (Fsp3) is 0.125. The molecule has 3 aromatic rings. The second-order valence-corrected chi connectivity index (χ2v) is 5.60. The summed E-state index contributed by atoms with van der Waals surface area (Å²) >= 11 is 3.21. The number of fused-ring (bicyclic) bond motifs is 1. The molecule has 1 N–H and O–H groups in total. The van der Waals surface area contributed by atoms with Crippen molar-refractivity contribution in [2.24, 2.45) is 0 Å². The van der Waals surface area contributed by atoms with Crippen molar-refractivity contribution in [2.75, 3.05) is 0 Å². The van der Waals surface area contributed by atoms with Gasteiger partial charge in [0.05, 0.1) is 11.1 Å². The van der Waals surface area contributed by atoms with Crippen LogP contribution in [0.25, 0.3) is 10.9 Å². The molecular formula is C16H13BrFNO. The zero-order valence-corrected chi connectivity index (χ0v) is 12.3. The maximum absolute atomic E-state index is 13.2. The number of benzene rings is 2. The van der Waals surface area contributed by atoms with Crippen LogP contribution in [-0.2, 0) is 13.2 Å². The summed E-state index contributed by atoms with van der Waals surface area (Å²) < 4.78 is 15.8. The van der Waals surface area contributed by atoms with E-state index in [1.54, 1.807) is 12.1 Å². The summed E-state index contributed by atoms with van der Waals surface area (Å²) in [6.07, 6.45) is 2.00. The Labute approximate surface area is 124 Å². The molecule has 0 aliphatic heterocycles. The van der Waals surface area contributed by atoms with Crippen LogP contribution in [0.15, 0.2) is 53.1 Å². The van der Waals surface area contributed by atoms with Crippen LogP contribution in [0, 0.1) is 5.82 Å². The smallest absolute Gasteiger partial charge is 0.137 e. The Morgan fingerprint density at radius 3 is 2.60 bits per heavy atom. The first-order valence-electron chi connectivity index (χ1n) is 6.30. The van der Waals surface area contributed by atoms with Crippen molar-refractivity contribution < 1.29 is 9.50 Å². The molecular weight excluding hydrogens is 321 g/mol. The topological polar surface area (TPSA) is 25.2 Å². The lowest BCUT2D eigenvalue weighted by atomic mass is 10.1. The number of aromatic nitrogens is 1. The number of hydrogen-bond donors (Lipinski definition) is 1. The lowest BCUT2D eigenvalue weighted by molar-refractivity contribution is 0.282. The van der Waals surface area contributed by atoms with E-state index in [9.17, 15) is 9.50 Å². The van der Waals surface area contributed by atoms with Gasteiger partial charge in [-0.25, -0.2) is 4.39 Å². The molecule has 3 rings (SSSR count). The molecule has 0 saturated carbocycles. The highest BCUT2D eigenvalue weighted by Crippen LogP contribution is 2.21. The monoisotopic (exact) mass is 333 g/mol. The number of hydrogen-bond acceptors (Lipinski definition) is 1. The molecule has 1 heterocycles. The van der Waals surface area contributed by atoms with E-state index in [0.29, 0.717) is 11.0 Å². The minimum absolute atomic E-state index is 0.0310. The Morgan fingerprint density at radius 2 is 1.85 bits per heavy atom. The second kappa shape index (κ2) is 5.38. The van der Waals surface area contributed by atoms with Gasteiger partial charge in [0.15, 0.2) is 0 Å². The molecule has 0 radical (unpaired) electrons. The molecule has 2 nitrogen and oxygen atoms in total. The van der Waals surface area contributed by atoms with Crippen LogP contribution in [0.4, 0.5) is 4.39 Å². The highest BCUT2D eigenvalue weighted by atomic mass is 79.9. The van der Waals surface area contributed by atoms with Gasteiger partial charge in [0.1, 0.15) is 5.82 Å². The van der Waals surface area contributed by atoms with Crippen LogP contribution in [0.1, 0.15) is 11.1 Å². The van der Waals surface area contributed by atoms with E-state index >= 15 is 0 Å². The maximum atomic E-state index is 13.2. The summed E-state index contributed by atoms with van der Waals surface area (Å²) in [6.45, 7) is 0.695. The second-order valence-electron chi connectivity index (χ2n) is 4.74. The van der Waals surface area contributed by atoms with Crippen molar-refractivity contribution in [3.63, 3.8) is 0 Å². The van der Waals surface area contributed by atoms with Gasteiger partial charge in [0.25, 0.3) is 0 Å². The maximum Gasteiger partial charge on any atom is 0.137 e. The first-order valence-corrected chi connectivity index (χ1v) is 7.09. The van der Waals surface area contributed by atoms with Crippen LogP contribution >= 0.6 is 15.9 Å². The van der Waals surface area contributed by atoms with Gasteiger partial charge in [-0.3, -0.25) is 0 Å². The van der Waals surface area contributed by atoms with Crippen molar-refractivity contribution in [1.82, 2.24) is 4.57 Å². The van der Waals surface area contributed by atoms with E-state index in [2.05, 4.69) is 20.5 Å². The standard InChI is InChI=1S/C16H13BrFNO/c17-14-7-11(2-4-15(14)18)9-19-6-5-13-3-1-12(10-20)8-16(13)19/h1-8,20H,9-10H2. The number of aliphatic hydroxyl groups is 1. The van der Waals surface area contributed by atoms with Gasteiger partial charge in [0.2, 0.25) is 0 Å². The summed E-state index contributed by atoms with van der Waals surface area (Å²) in [5, 5.41) is 10.4. The van der Waals surface area contributed by atoms with Crippen molar-refractivity contribution in [3.8, 4) is 0 Å². The fourth-order valence-corrected chi connectivity index (χ4v) is 2.73. The quantitative estimate of drug-likeness (QED) is 0.767.